The molecule has 0 rings (SSSR count). The molecule has 0 spiro atoms. The van der Waals surface area contributed by atoms with Gasteiger partial charge in [-0.2, -0.15) is 0 Å². The molecule has 0 amide bonds. The van der Waals surface area contributed by atoms with Crippen LogP contribution in [-0.2, 0) is 13.3 Å². The second-order valence-corrected chi connectivity index (χ2v) is 26.4. The van der Waals surface area contributed by atoms with Crippen molar-refractivity contribution < 1.29 is 13.3 Å². The van der Waals surface area contributed by atoms with Crippen LogP contribution < -0.4 is 0 Å². The van der Waals surface area contributed by atoms with Gasteiger partial charge in [-0.1, -0.05) is 213 Å². The lowest BCUT2D eigenvalue weighted by Gasteiger charge is -2.24. The quantitative estimate of drug-likeness (QED) is 0.0358. The highest BCUT2D eigenvalue weighted by atomic mass is 35.8. The predicted octanol–water partition coefficient (Wildman–Crippen LogP) is 16.0. The molecule has 286 valence electrons. The van der Waals surface area contributed by atoms with Crippen molar-refractivity contribution in [2.75, 3.05) is 21.3 Å². The Morgan fingerprint density at radius 3 is 0.681 bits per heavy atom. The van der Waals surface area contributed by atoms with E-state index in [1.807, 2.05) is 0 Å². The van der Waals surface area contributed by atoms with Crippen LogP contribution >= 0.6 is 33.2 Å². The van der Waals surface area contributed by atoms with E-state index >= 15 is 0 Å². The molecule has 0 aromatic rings. The Labute approximate surface area is 312 Å². The maximum absolute atomic E-state index is 5.87. The van der Waals surface area contributed by atoms with Gasteiger partial charge in [0.1, 0.15) is 0 Å². The molecule has 0 saturated heterocycles. The Balaban J connectivity index is 0. The van der Waals surface area contributed by atoms with Gasteiger partial charge in [0.25, 0.3) is 0 Å². The zero-order chi connectivity index (χ0) is 35.2. The summed E-state index contributed by atoms with van der Waals surface area (Å²) in [7, 11) is 2.78. The highest BCUT2D eigenvalue weighted by Gasteiger charge is 2.36. The lowest BCUT2D eigenvalue weighted by atomic mass is 10.0. The van der Waals surface area contributed by atoms with E-state index in [0.717, 1.165) is 24.9 Å². The zero-order valence-electron chi connectivity index (χ0n) is 32.4. The van der Waals surface area contributed by atoms with E-state index in [9.17, 15) is 0 Å². The van der Waals surface area contributed by atoms with E-state index < -0.39 is 14.8 Å². The van der Waals surface area contributed by atoms with E-state index in [-0.39, 0.29) is 0 Å². The first-order valence-corrected chi connectivity index (χ1v) is 27.7. The first kappa shape index (κ1) is 50.3. The van der Waals surface area contributed by atoms with E-state index in [1.165, 1.54) is 193 Å². The molecule has 0 aromatic carbocycles. The van der Waals surface area contributed by atoms with Gasteiger partial charge in [-0.3, -0.25) is 0 Å². The van der Waals surface area contributed by atoms with Crippen molar-refractivity contribution in [1.82, 2.24) is 0 Å². The van der Waals surface area contributed by atoms with Crippen LogP contribution in [0.15, 0.2) is 0 Å². The summed E-state index contributed by atoms with van der Waals surface area (Å²) in [4.78, 5) is 0. The van der Waals surface area contributed by atoms with Crippen molar-refractivity contribution in [2.45, 2.75) is 231 Å². The summed E-state index contributed by atoms with van der Waals surface area (Å²) < 4.78 is 16.4. The van der Waals surface area contributed by atoms with Gasteiger partial charge >= 0.3 is 14.8 Å². The second kappa shape index (κ2) is 40.0. The Hall–Kier alpha value is 1.18. The third kappa shape index (κ3) is 41.5. The van der Waals surface area contributed by atoms with Crippen molar-refractivity contribution in [3.05, 3.63) is 0 Å². The molecule has 0 aliphatic rings. The van der Waals surface area contributed by atoms with E-state index in [1.54, 1.807) is 21.3 Å². The number of halogens is 3. The number of hydrogen-bond acceptors (Lipinski definition) is 3. The molecule has 0 aliphatic heterocycles. The monoisotopic (exact) mass is 760 g/mol. The first-order chi connectivity index (χ1) is 22.8. The lowest BCUT2D eigenvalue weighted by Crippen LogP contribution is -2.42. The van der Waals surface area contributed by atoms with Gasteiger partial charge < -0.3 is 13.3 Å². The molecule has 0 aliphatic carbocycles. The van der Waals surface area contributed by atoms with Crippen LogP contribution in [0.3, 0.4) is 0 Å². The normalized spacial score (nSPS) is 12.0. The molecule has 47 heavy (non-hydrogen) atoms. The summed E-state index contributed by atoms with van der Waals surface area (Å²) in [5, 5.41) is 0. The molecule has 0 unspecified atom stereocenters. The third-order valence-corrected chi connectivity index (χ3v) is 15.0. The molecular formula is C39H83Cl3O3Si2. The Bertz CT molecular complexity index is 570. The van der Waals surface area contributed by atoms with Gasteiger partial charge in [0.2, 0.25) is 0 Å². The fourth-order valence-electron chi connectivity index (χ4n) is 6.32. The molecule has 0 atom stereocenters. The second-order valence-electron chi connectivity index (χ2n) is 14.0. The van der Waals surface area contributed by atoms with Crippen molar-refractivity contribution >= 4 is 48.0 Å². The Kier molecular flexibility index (Phi) is 42.8. The molecule has 0 saturated carbocycles. The van der Waals surface area contributed by atoms with Crippen molar-refractivity contribution in [3.8, 4) is 0 Å². The summed E-state index contributed by atoms with van der Waals surface area (Å²) in [6.45, 7) is 4.57. The molecule has 0 fully saturated rings. The maximum atomic E-state index is 5.87. The van der Waals surface area contributed by atoms with E-state index in [2.05, 4.69) is 13.8 Å². The van der Waals surface area contributed by atoms with Gasteiger partial charge in [-0.15, -0.1) is 33.2 Å². The standard InChI is InChI=1S/C21H46O3Si.C18H37Cl3Si/c1-5-6-7-8-9-10-11-12-13-14-15-16-17-18-19-20-21-25(22-2,23-3)24-4;1-2-3-4-5-6-7-8-9-10-11-12-13-14-15-16-17-18-22(19,20)21/h5-21H2,1-4H3;2-18H2,1H3. The van der Waals surface area contributed by atoms with Crippen molar-refractivity contribution in [1.29, 1.82) is 0 Å². The fourth-order valence-corrected chi connectivity index (χ4v) is 9.97. The van der Waals surface area contributed by atoms with Crippen molar-refractivity contribution in [3.63, 3.8) is 0 Å². The minimum atomic E-state index is -2.35. The third-order valence-electron chi connectivity index (χ3n) is 9.58. The minimum absolute atomic E-state index is 0.829. The topological polar surface area (TPSA) is 27.7 Å². The van der Waals surface area contributed by atoms with Gasteiger partial charge in [0.05, 0.1) is 0 Å². The van der Waals surface area contributed by atoms with Crippen LogP contribution in [0.2, 0.25) is 12.1 Å². The van der Waals surface area contributed by atoms with Crippen LogP contribution in [0.1, 0.15) is 219 Å². The van der Waals surface area contributed by atoms with Gasteiger partial charge in [-0.25, -0.2) is 0 Å². The molecule has 0 aromatic heterocycles. The van der Waals surface area contributed by atoms with Crippen LogP contribution in [0.25, 0.3) is 0 Å². The molecule has 0 N–H and O–H groups in total. The summed E-state index contributed by atoms with van der Waals surface area (Å²) >= 11 is 17.6. The lowest BCUT2D eigenvalue weighted by molar-refractivity contribution is 0.122. The SMILES string of the molecule is CCCCCCCCCCCCCCCCCC[Si](Cl)(Cl)Cl.CCCCCCCCCCCCCCCCCC[Si](OC)(OC)OC. The molecule has 3 nitrogen and oxygen atoms in total. The molecule has 0 radical (unpaired) electrons. The average Bonchev–Trinajstić information content (AvgIpc) is 3.06. The van der Waals surface area contributed by atoms with E-state index in [0.29, 0.717) is 0 Å². The van der Waals surface area contributed by atoms with E-state index in [4.69, 9.17) is 46.5 Å². The van der Waals surface area contributed by atoms with Gasteiger partial charge in [-0.05, 0) is 12.5 Å². The van der Waals surface area contributed by atoms with Crippen LogP contribution in [0, 0.1) is 0 Å². The number of hydrogen-bond donors (Lipinski definition) is 0. The minimum Gasteiger partial charge on any atom is -0.377 e. The summed E-state index contributed by atoms with van der Waals surface area (Å²) in [5.74, 6) is 0. The smallest absolute Gasteiger partial charge is 0.377 e. The Morgan fingerprint density at radius 2 is 0.489 bits per heavy atom. The number of rotatable bonds is 37. The van der Waals surface area contributed by atoms with Crippen LogP contribution in [0.4, 0.5) is 0 Å². The van der Waals surface area contributed by atoms with Gasteiger partial charge in [0.15, 0.2) is 0 Å². The Morgan fingerprint density at radius 1 is 0.298 bits per heavy atom. The summed E-state index contributed by atoms with van der Waals surface area (Å²) in [6.07, 6.45) is 44.5. The maximum Gasteiger partial charge on any atom is 0.500 e. The largest absolute Gasteiger partial charge is 0.500 e. The molecule has 0 heterocycles. The summed E-state index contributed by atoms with van der Waals surface area (Å²) in [6, 6.07) is -0.579. The van der Waals surface area contributed by atoms with Crippen LogP contribution in [-0.4, -0.2) is 36.1 Å². The van der Waals surface area contributed by atoms with Crippen molar-refractivity contribution in [2.24, 2.45) is 0 Å². The average molecular weight is 763 g/mol. The van der Waals surface area contributed by atoms with Gasteiger partial charge in [0, 0.05) is 27.4 Å². The van der Waals surface area contributed by atoms with Crippen LogP contribution in [0.5, 0.6) is 0 Å². The number of unbranched alkanes of at least 4 members (excludes halogenated alkanes) is 30. The highest BCUT2D eigenvalue weighted by molar-refractivity contribution is 7.64. The molecule has 8 heteroatoms. The molecular weight excluding hydrogens is 679 g/mol. The molecule has 0 bridgehead atoms. The highest BCUT2D eigenvalue weighted by Crippen LogP contribution is 2.27. The first-order valence-electron chi connectivity index (χ1n) is 20.5. The summed E-state index contributed by atoms with van der Waals surface area (Å²) in [5.41, 5.74) is 0. The fraction of sp³-hybridized carbons (Fsp3) is 1.00. The zero-order valence-corrected chi connectivity index (χ0v) is 36.7. The predicted molar refractivity (Wildman–Crippen MR) is 219 cm³/mol.